The van der Waals surface area contributed by atoms with Crippen molar-refractivity contribution in [1.29, 1.82) is 0 Å². The van der Waals surface area contributed by atoms with Crippen LogP contribution in [0.25, 0.3) is 5.57 Å². The monoisotopic (exact) mass is 681 g/mol. The Labute approximate surface area is 285 Å². The summed E-state index contributed by atoms with van der Waals surface area (Å²) in [5.41, 5.74) is 6.26. The van der Waals surface area contributed by atoms with Crippen molar-refractivity contribution < 1.29 is 14.3 Å². The number of anilines is 1. The Kier molecular flexibility index (Phi) is 8.98. The number of carbonyl (C=O) groups excluding carboxylic acids is 1. The van der Waals surface area contributed by atoms with Gasteiger partial charge >= 0.3 is 0 Å². The molecular weight excluding hydrogens is 641 g/mol. The van der Waals surface area contributed by atoms with Crippen LogP contribution in [0, 0.1) is 20.8 Å². The first kappa shape index (κ1) is 31.8. The van der Waals surface area contributed by atoms with Crippen molar-refractivity contribution in [2.45, 2.75) is 77.2 Å². The standard InChI is InChI=1S/C35H41Cl2N5O3S/c1-19-12-27(36)33(32(37)20(19)2)45-25-10-11-41(18-25)35-39-16-30(46-35)26-13-23-14-38-15-28(40-23)31(26)34(43)42(24-8-9-24)17-22-6-5-7-29(44-4)21(22)3/h5-7,12,16,23-25,28,38,40H,8-11,13-15,17-18H2,1-4H3/t23-,25-,28-/m1/s1. The van der Waals surface area contributed by atoms with Crippen molar-refractivity contribution in [2.24, 2.45) is 0 Å². The van der Waals surface area contributed by atoms with Crippen LogP contribution in [0.2, 0.25) is 10.0 Å². The van der Waals surface area contributed by atoms with Crippen LogP contribution in [0.3, 0.4) is 0 Å². The Morgan fingerprint density at radius 1 is 1.15 bits per heavy atom. The van der Waals surface area contributed by atoms with Crippen molar-refractivity contribution in [3.63, 3.8) is 0 Å². The zero-order chi connectivity index (χ0) is 32.1. The van der Waals surface area contributed by atoms with Gasteiger partial charge < -0.3 is 29.9 Å². The summed E-state index contributed by atoms with van der Waals surface area (Å²) in [7, 11) is 1.70. The van der Waals surface area contributed by atoms with Gasteiger partial charge in [-0.3, -0.25) is 4.79 Å². The van der Waals surface area contributed by atoms with Crippen molar-refractivity contribution in [2.75, 3.05) is 38.2 Å². The number of fused-ring (bicyclic) bond motifs is 2. The molecule has 4 aliphatic rings. The van der Waals surface area contributed by atoms with E-state index in [4.69, 9.17) is 37.7 Å². The van der Waals surface area contributed by atoms with Crippen LogP contribution in [0.4, 0.5) is 5.13 Å². The van der Waals surface area contributed by atoms with E-state index in [0.29, 0.717) is 28.9 Å². The van der Waals surface area contributed by atoms with Crippen LogP contribution in [-0.2, 0) is 11.3 Å². The lowest BCUT2D eigenvalue weighted by Crippen LogP contribution is -2.59. The van der Waals surface area contributed by atoms with Crippen LogP contribution in [0.1, 0.15) is 52.8 Å². The van der Waals surface area contributed by atoms with Gasteiger partial charge in [-0.15, -0.1) is 0 Å². The minimum atomic E-state index is -0.0442. The van der Waals surface area contributed by atoms with E-state index in [1.54, 1.807) is 18.4 Å². The number of aryl methyl sites for hydroxylation is 1. The Morgan fingerprint density at radius 3 is 2.76 bits per heavy atom. The van der Waals surface area contributed by atoms with Gasteiger partial charge in [0.25, 0.3) is 5.91 Å². The van der Waals surface area contributed by atoms with Crippen LogP contribution in [0.15, 0.2) is 36.0 Å². The highest BCUT2D eigenvalue weighted by Gasteiger charge is 2.41. The lowest BCUT2D eigenvalue weighted by atomic mass is 9.86. The predicted octanol–water partition coefficient (Wildman–Crippen LogP) is 6.32. The third-order valence-electron chi connectivity index (χ3n) is 9.91. The highest BCUT2D eigenvalue weighted by molar-refractivity contribution is 7.16. The molecule has 11 heteroatoms. The molecule has 3 atom stereocenters. The maximum absolute atomic E-state index is 14.6. The molecule has 3 aliphatic heterocycles. The van der Waals surface area contributed by atoms with Crippen LogP contribution < -0.4 is 25.0 Å². The number of hydrogen-bond acceptors (Lipinski definition) is 8. The van der Waals surface area contributed by atoms with E-state index in [2.05, 4.69) is 33.4 Å². The first-order valence-electron chi connectivity index (χ1n) is 16.2. The van der Waals surface area contributed by atoms with Crippen LogP contribution >= 0.6 is 34.5 Å². The second kappa shape index (κ2) is 13.0. The molecule has 1 aliphatic carbocycles. The fourth-order valence-corrected chi connectivity index (χ4v) is 8.64. The molecule has 46 heavy (non-hydrogen) atoms. The smallest absolute Gasteiger partial charge is 0.252 e. The summed E-state index contributed by atoms with van der Waals surface area (Å²) in [5, 5.41) is 9.37. The minimum absolute atomic E-state index is 0.0368. The lowest BCUT2D eigenvalue weighted by molar-refractivity contribution is -0.128. The molecule has 0 unspecified atom stereocenters. The zero-order valence-corrected chi connectivity index (χ0v) is 29.1. The molecule has 244 valence electrons. The van der Waals surface area contributed by atoms with Crippen LogP contribution in [0.5, 0.6) is 11.5 Å². The molecule has 1 aromatic heterocycles. The zero-order valence-electron chi connectivity index (χ0n) is 26.8. The number of methoxy groups -OCH3 is 1. The van der Waals surface area contributed by atoms with Gasteiger partial charge in [0.15, 0.2) is 10.9 Å². The Balaban J connectivity index is 1.15. The summed E-state index contributed by atoms with van der Waals surface area (Å²) < 4.78 is 12.0. The van der Waals surface area contributed by atoms with E-state index in [1.165, 1.54) is 0 Å². The number of ether oxygens (including phenoxy) is 2. The summed E-state index contributed by atoms with van der Waals surface area (Å²) in [6, 6.07) is 8.52. The van der Waals surface area contributed by atoms with Crippen molar-refractivity contribution >= 4 is 51.2 Å². The van der Waals surface area contributed by atoms with Crippen molar-refractivity contribution in [3.8, 4) is 11.5 Å². The van der Waals surface area contributed by atoms with Gasteiger partial charge in [0.05, 0.1) is 34.6 Å². The van der Waals surface area contributed by atoms with Crippen molar-refractivity contribution in [1.82, 2.24) is 20.5 Å². The van der Waals surface area contributed by atoms with E-state index >= 15 is 0 Å². The molecule has 2 saturated heterocycles. The van der Waals surface area contributed by atoms with Gasteiger partial charge in [0.2, 0.25) is 0 Å². The molecule has 1 saturated carbocycles. The van der Waals surface area contributed by atoms with E-state index in [0.717, 1.165) is 94.5 Å². The maximum atomic E-state index is 14.6. The SMILES string of the molecule is COc1cccc(CN(C(=O)C2=C(c3cnc(N4CC[C@@H](Oc5c(Cl)cc(C)c(C)c5Cl)C4)s3)C[C@@H]3CNC[C@H]2N3)C2CC2)c1C. The molecule has 2 bridgehead atoms. The number of amides is 1. The number of nitrogens with zero attached hydrogens (tertiary/aromatic N) is 3. The number of rotatable bonds is 9. The topological polar surface area (TPSA) is 79.0 Å². The average Bonchev–Trinajstić information content (AvgIpc) is 3.57. The molecule has 2 N–H and O–H groups in total. The molecule has 0 spiro atoms. The Bertz CT molecular complexity index is 1690. The van der Waals surface area contributed by atoms with Gasteiger partial charge in [0, 0.05) is 56.5 Å². The van der Waals surface area contributed by atoms with Gasteiger partial charge in [-0.05, 0) is 80.0 Å². The normalized spacial score (nSPS) is 22.7. The lowest BCUT2D eigenvalue weighted by Gasteiger charge is -2.40. The third kappa shape index (κ3) is 6.13. The van der Waals surface area contributed by atoms with Gasteiger partial charge in [0.1, 0.15) is 11.9 Å². The van der Waals surface area contributed by atoms with E-state index in [1.807, 2.05) is 38.2 Å². The summed E-state index contributed by atoms with van der Waals surface area (Å²) in [6.45, 7) is 9.78. The summed E-state index contributed by atoms with van der Waals surface area (Å²) >= 11 is 14.8. The molecule has 1 amide bonds. The number of thiazole rings is 1. The largest absolute Gasteiger partial charge is 0.496 e. The number of aromatic nitrogens is 1. The van der Waals surface area contributed by atoms with Gasteiger partial charge in [-0.1, -0.05) is 46.7 Å². The van der Waals surface area contributed by atoms with E-state index in [9.17, 15) is 4.79 Å². The molecule has 4 heterocycles. The molecule has 7 rings (SSSR count). The quantitative estimate of drug-likeness (QED) is 0.274. The first-order chi connectivity index (χ1) is 22.2. The number of carbonyl (C=O) groups is 1. The second-order valence-electron chi connectivity index (χ2n) is 13.0. The molecule has 2 aromatic carbocycles. The minimum Gasteiger partial charge on any atom is -0.496 e. The molecule has 3 aromatic rings. The molecule has 3 fully saturated rings. The number of nitrogens with one attached hydrogen (secondary N) is 2. The molecule has 0 radical (unpaired) electrons. The van der Waals surface area contributed by atoms with E-state index < -0.39 is 0 Å². The highest BCUT2D eigenvalue weighted by atomic mass is 35.5. The highest BCUT2D eigenvalue weighted by Crippen LogP contribution is 2.42. The van der Waals surface area contributed by atoms with Gasteiger partial charge in [-0.2, -0.15) is 0 Å². The van der Waals surface area contributed by atoms with Gasteiger partial charge in [-0.25, -0.2) is 4.98 Å². The summed E-state index contributed by atoms with van der Waals surface area (Å²) in [4.78, 5) is 24.9. The molecule has 8 nitrogen and oxygen atoms in total. The maximum Gasteiger partial charge on any atom is 0.252 e. The fourth-order valence-electron chi connectivity index (χ4n) is 6.98. The number of benzene rings is 2. The predicted molar refractivity (Wildman–Crippen MR) is 186 cm³/mol. The fraction of sp³-hybridized carbons (Fsp3) is 0.486. The second-order valence-corrected chi connectivity index (χ2v) is 14.8. The van der Waals surface area contributed by atoms with Crippen LogP contribution in [-0.4, -0.2) is 73.3 Å². The summed E-state index contributed by atoms with van der Waals surface area (Å²) in [6.07, 6.45) is 5.64. The Hall–Kier alpha value is -2.82. The Morgan fingerprint density at radius 2 is 1.98 bits per heavy atom. The summed E-state index contributed by atoms with van der Waals surface area (Å²) in [5.74, 6) is 1.54. The first-order valence-corrected chi connectivity index (χ1v) is 17.7. The number of piperazine rings is 1. The van der Waals surface area contributed by atoms with E-state index in [-0.39, 0.29) is 30.1 Å². The van der Waals surface area contributed by atoms with Crippen molar-refractivity contribution in [3.05, 3.63) is 73.2 Å². The number of halogens is 2. The molecular formula is C35H41Cl2N5O3S. The average molecular weight is 683 g/mol. The third-order valence-corrected chi connectivity index (χ3v) is 11.8. The number of hydrogen-bond donors (Lipinski definition) is 2.